The van der Waals surface area contributed by atoms with Crippen molar-refractivity contribution >= 4 is 17.3 Å². The number of hydrogen-bond donors (Lipinski definition) is 1. The lowest BCUT2D eigenvalue weighted by Gasteiger charge is -2.14. The number of nitrogens with one attached hydrogen (secondary N) is 1. The Morgan fingerprint density at radius 3 is 2.36 bits per heavy atom. The van der Waals surface area contributed by atoms with Gasteiger partial charge in [-0.05, 0) is 48.7 Å². The lowest BCUT2D eigenvalue weighted by atomic mass is 10.1. The third-order valence-corrected chi connectivity index (χ3v) is 3.71. The van der Waals surface area contributed by atoms with Crippen molar-refractivity contribution in [1.82, 2.24) is 0 Å². The van der Waals surface area contributed by atoms with E-state index in [0.29, 0.717) is 29.7 Å². The summed E-state index contributed by atoms with van der Waals surface area (Å²) in [7, 11) is 1.59. The average Bonchev–Trinajstić information content (AvgIpc) is 2.53. The second kappa shape index (κ2) is 7.95. The van der Waals surface area contributed by atoms with E-state index in [1.165, 1.54) is 5.56 Å². The summed E-state index contributed by atoms with van der Waals surface area (Å²) in [6, 6.07) is 12.3. The lowest BCUT2D eigenvalue weighted by molar-refractivity contribution is 0.310. The highest BCUT2D eigenvalue weighted by Crippen LogP contribution is 2.36. The summed E-state index contributed by atoms with van der Waals surface area (Å²) in [5.41, 5.74) is 3.47. The number of hydrogen-bond acceptors (Lipinski definition) is 3. The molecule has 0 aliphatic carbocycles. The van der Waals surface area contributed by atoms with E-state index in [1.54, 1.807) is 7.11 Å². The van der Waals surface area contributed by atoms with Crippen LogP contribution in [0.25, 0.3) is 0 Å². The number of halogens is 1. The van der Waals surface area contributed by atoms with Crippen molar-refractivity contribution in [3.63, 3.8) is 0 Å². The SMILES string of the molecule is CCOc1cc(CNc2ccc(CC)cc2)cc(Cl)c1OC. The van der Waals surface area contributed by atoms with Crippen LogP contribution in [0.2, 0.25) is 5.02 Å². The maximum Gasteiger partial charge on any atom is 0.179 e. The summed E-state index contributed by atoms with van der Waals surface area (Å²) >= 11 is 6.26. The highest BCUT2D eigenvalue weighted by Gasteiger charge is 2.11. The number of aryl methyl sites for hydroxylation is 1. The molecule has 0 atom stereocenters. The second-order valence-electron chi connectivity index (χ2n) is 4.95. The van der Waals surface area contributed by atoms with Gasteiger partial charge < -0.3 is 14.8 Å². The molecular weight excluding hydrogens is 298 g/mol. The Hall–Kier alpha value is -1.87. The number of benzene rings is 2. The minimum atomic E-state index is 0.562. The van der Waals surface area contributed by atoms with Gasteiger partial charge in [-0.1, -0.05) is 30.7 Å². The summed E-state index contributed by atoms with van der Waals surface area (Å²) in [5, 5.41) is 3.95. The van der Waals surface area contributed by atoms with E-state index in [2.05, 4.69) is 36.5 Å². The molecule has 0 fully saturated rings. The first kappa shape index (κ1) is 16.5. The number of rotatable bonds is 7. The van der Waals surface area contributed by atoms with Crippen LogP contribution in [0.4, 0.5) is 5.69 Å². The Morgan fingerprint density at radius 2 is 1.77 bits per heavy atom. The lowest BCUT2D eigenvalue weighted by Crippen LogP contribution is -2.02. The molecule has 0 spiro atoms. The van der Waals surface area contributed by atoms with Crippen LogP contribution in [0.5, 0.6) is 11.5 Å². The molecule has 0 bridgehead atoms. The van der Waals surface area contributed by atoms with Gasteiger partial charge in [-0.3, -0.25) is 0 Å². The van der Waals surface area contributed by atoms with E-state index in [1.807, 2.05) is 19.1 Å². The van der Waals surface area contributed by atoms with Gasteiger partial charge in [-0.15, -0.1) is 0 Å². The van der Waals surface area contributed by atoms with E-state index in [9.17, 15) is 0 Å². The molecule has 0 saturated heterocycles. The van der Waals surface area contributed by atoms with E-state index in [4.69, 9.17) is 21.1 Å². The number of ether oxygens (including phenoxy) is 2. The first-order valence-corrected chi connectivity index (χ1v) is 7.87. The number of anilines is 1. The van der Waals surface area contributed by atoms with Gasteiger partial charge in [-0.25, -0.2) is 0 Å². The van der Waals surface area contributed by atoms with Gasteiger partial charge in [0.25, 0.3) is 0 Å². The van der Waals surface area contributed by atoms with Crippen LogP contribution in [0, 0.1) is 0 Å². The fraction of sp³-hybridized carbons (Fsp3) is 0.333. The van der Waals surface area contributed by atoms with Gasteiger partial charge in [0, 0.05) is 12.2 Å². The molecular formula is C18H22ClNO2. The molecule has 0 unspecified atom stereocenters. The summed E-state index contributed by atoms with van der Waals surface area (Å²) in [6.07, 6.45) is 1.05. The normalized spacial score (nSPS) is 10.4. The Morgan fingerprint density at radius 1 is 1.05 bits per heavy atom. The summed E-state index contributed by atoms with van der Waals surface area (Å²) in [4.78, 5) is 0. The van der Waals surface area contributed by atoms with Gasteiger partial charge in [0.1, 0.15) is 0 Å². The fourth-order valence-corrected chi connectivity index (χ4v) is 2.56. The van der Waals surface area contributed by atoms with E-state index in [0.717, 1.165) is 17.7 Å². The Balaban J connectivity index is 2.11. The van der Waals surface area contributed by atoms with Crippen LogP contribution < -0.4 is 14.8 Å². The first-order valence-electron chi connectivity index (χ1n) is 7.50. The molecule has 0 aliphatic rings. The van der Waals surface area contributed by atoms with Crippen molar-refractivity contribution in [3.8, 4) is 11.5 Å². The molecule has 2 rings (SSSR count). The van der Waals surface area contributed by atoms with Crippen LogP contribution in [0.1, 0.15) is 25.0 Å². The van der Waals surface area contributed by atoms with Gasteiger partial charge >= 0.3 is 0 Å². The van der Waals surface area contributed by atoms with Crippen molar-refractivity contribution in [2.24, 2.45) is 0 Å². The molecule has 0 aliphatic heterocycles. The minimum Gasteiger partial charge on any atom is -0.491 e. The fourth-order valence-electron chi connectivity index (χ4n) is 2.25. The van der Waals surface area contributed by atoms with Crippen molar-refractivity contribution in [2.75, 3.05) is 19.0 Å². The Bertz CT molecular complexity index is 611. The molecule has 4 heteroatoms. The largest absolute Gasteiger partial charge is 0.491 e. The Kier molecular flexibility index (Phi) is 5.96. The van der Waals surface area contributed by atoms with Crippen molar-refractivity contribution in [2.45, 2.75) is 26.8 Å². The predicted molar refractivity (Wildman–Crippen MR) is 92.3 cm³/mol. The first-order chi connectivity index (χ1) is 10.7. The molecule has 3 nitrogen and oxygen atoms in total. The average molecular weight is 320 g/mol. The molecule has 0 saturated carbocycles. The monoisotopic (exact) mass is 319 g/mol. The molecule has 2 aromatic rings. The summed E-state index contributed by atoms with van der Waals surface area (Å²) in [5.74, 6) is 1.26. The maximum absolute atomic E-state index is 6.26. The molecule has 0 aromatic heterocycles. The maximum atomic E-state index is 6.26. The highest BCUT2D eigenvalue weighted by molar-refractivity contribution is 6.32. The summed E-state index contributed by atoms with van der Waals surface area (Å²) in [6.45, 7) is 5.34. The smallest absolute Gasteiger partial charge is 0.179 e. The second-order valence-corrected chi connectivity index (χ2v) is 5.35. The van der Waals surface area contributed by atoms with Crippen molar-refractivity contribution in [3.05, 3.63) is 52.5 Å². The molecule has 1 N–H and O–H groups in total. The van der Waals surface area contributed by atoms with Crippen molar-refractivity contribution in [1.29, 1.82) is 0 Å². The number of methoxy groups -OCH3 is 1. The molecule has 22 heavy (non-hydrogen) atoms. The van der Waals surface area contributed by atoms with Gasteiger partial charge in [0.15, 0.2) is 11.5 Å². The molecule has 0 heterocycles. The van der Waals surface area contributed by atoms with Gasteiger partial charge in [-0.2, -0.15) is 0 Å². The zero-order valence-electron chi connectivity index (χ0n) is 13.3. The van der Waals surface area contributed by atoms with E-state index >= 15 is 0 Å². The van der Waals surface area contributed by atoms with Crippen LogP contribution in [-0.4, -0.2) is 13.7 Å². The zero-order valence-corrected chi connectivity index (χ0v) is 14.0. The quantitative estimate of drug-likeness (QED) is 0.785. The van der Waals surface area contributed by atoms with Gasteiger partial charge in [0.2, 0.25) is 0 Å². The highest BCUT2D eigenvalue weighted by atomic mass is 35.5. The third kappa shape index (κ3) is 4.08. The predicted octanol–water partition coefficient (Wildman–Crippen LogP) is 4.92. The molecule has 2 aromatic carbocycles. The standard InChI is InChI=1S/C18H22ClNO2/c1-4-13-6-8-15(9-7-13)20-12-14-10-16(19)18(21-3)17(11-14)22-5-2/h6-11,20H,4-5,12H2,1-3H3. The minimum absolute atomic E-state index is 0.562. The molecule has 118 valence electrons. The summed E-state index contributed by atoms with van der Waals surface area (Å²) < 4.78 is 10.9. The van der Waals surface area contributed by atoms with Gasteiger partial charge in [0.05, 0.1) is 18.7 Å². The zero-order chi connectivity index (χ0) is 15.9. The van der Waals surface area contributed by atoms with Crippen molar-refractivity contribution < 1.29 is 9.47 Å². The van der Waals surface area contributed by atoms with Crippen LogP contribution >= 0.6 is 11.6 Å². The van der Waals surface area contributed by atoms with Crippen LogP contribution in [-0.2, 0) is 13.0 Å². The topological polar surface area (TPSA) is 30.5 Å². The van der Waals surface area contributed by atoms with E-state index < -0.39 is 0 Å². The third-order valence-electron chi connectivity index (χ3n) is 3.43. The van der Waals surface area contributed by atoms with Crippen LogP contribution in [0.3, 0.4) is 0 Å². The Labute approximate surface area is 137 Å². The molecule has 0 radical (unpaired) electrons. The van der Waals surface area contributed by atoms with Crippen LogP contribution in [0.15, 0.2) is 36.4 Å². The van der Waals surface area contributed by atoms with E-state index in [-0.39, 0.29) is 0 Å². The molecule has 0 amide bonds.